The van der Waals surface area contributed by atoms with Crippen LogP contribution in [0.5, 0.6) is 5.75 Å². The Morgan fingerprint density at radius 3 is 1.96 bits per heavy atom. The predicted octanol–water partition coefficient (Wildman–Crippen LogP) is 3.35. The molecule has 0 atom stereocenters. The van der Waals surface area contributed by atoms with Crippen molar-refractivity contribution in [2.24, 2.45) is 0 Å². The topological polar surface area (TPSA) is 113 Å². The fraction of sp³-hybridized carbons (Fsp3) is 0. The molecule has 23 heavy (non-hydrogen) atoms. The first-order valence-electron chi connectivity index (χ1n) is 6.22. The van der Waals surface area contributed by atoms with Crippen LogP contribution >= 0.6 is 11.6 Å². The lowest BCUT2D eigenvalue weighted by Gasteiger charge is -2.10. The Labute approximate surface area is 135 Å². The van der Waals surface area contributed by atoms with Crippen molar-refractivity contribution in [3.05, 3.63) is 58.6 Å². The molecule has 2 aromatic rings. The summed E-state index contributed by atoms with van der Waals surface area (Å²) >= 11 is 5.73. The maximum Gasteiger partial charge on any atom is 0.417 e. The van der Waals surface area contributed by atoms with Gasteiger partial charge in [-0.05, 0) is 24.3 Å². The first-order valence-corrected chi connectivity index (χ1v) is 6.60. The number of para-hydroxylation sites is 1. The van der Waals surface area contributed by atoms with E-state index in [1.54, 1.807) is 30.3 Å². The number of carboxylic acids is 2. The minimum absolute atomic E-state index is 0.0647. The summed E-state index contributed by atoms with van der Waals surface area (Å²) in [6, 6.07) is 10.3. The van der Waals surface area contributed by atoms with E-state index < -0.39 is 34.2 Å². The third kappa shape index (κ3) is 3.98. The van der Waals surface area contributed by atoms with Gasteiger partial charge >= 0.3 is 18.0 Å². The van der Waals surface area contributed by atoms with E-state index in [1.807, 2.05) is 0 Å². The van der Waals surface area contributed by atoms with Crippen LogP contribution in [0, 0.1) is 0 Å². The Balaban J connectivity index is 2.27. The smallest absolute Gasteiger partial charge is 0.417 e. The van der Waals surface area contributed by atoms with Crippen molar-refractivity contribution in [3.63, 3.8) is 0 Å². The molecule has 2 rings (SSSR count). The van der Waals surface area contributed by atoms with E-state index in [1.165, 1.54) is 0 Å². The highest BCUT2D eigenvalue weighted by Crippen LogP contribution is 2.26. The van der Waals surface area contributed by atoms with Crippen molar-refractivity contribution >= 4 is 35.3 Å². The number of hydrogen-bond donors (Lipinski definition) is 3. The SMILES string of the molecule is O=C(Nc1cc(C(=O)O)c(Cl)c(C(=O)O)c1)Oc1ccccc1. The molecule has 1 amide bonds. The van der Waals surface area contributed by atoms with Gasteiger partial charge in [-0.1, -0.05) is 29.8 Å². The first kappa shape index (κ1) is 16.3. The molecule has 0 saturated carbocycles. The van der Waals surface area contributed by atoms with E-state index in [4.69, 9.17) is 26.6 Å². The molecule has 7 nitrogen and oxygen atoms in total. The van der Waals surface area contributed by atoms with Gasteiger partial charge in [-0.2, -0.15) is 0 Å². The normalized spacial score (nSPS) is 9.96. The van der Waals surface area contributed by atoms with E-state index in [2.05, 4.69) is 5.32 Å². The number of aromatic carboxylic acids is 2. The Bertz CT molecular complexity index is 740. The van der Waals surface area contributed by atoms with E-state index in [9.17, 15) is 14.4 Å². The Hall–Kier alpha value is -3.06. The van der Waals surface area contributed by atoms with Crippen LogP contribution in [0.15, 0.2) is 42.5 Å². The van der Waals surface area contributed by atoms with Crippen molar-refractivity contribution in [2.75, 3.05) is 5.32 Å². The first-order chi connectivity index (χ1) is 10.9. The average molecular weight is 336 g/mol. The second kappa shape index (κ2) is 6.80. The van der Waals surface area contributed by atoms with Crippen molar-refractivity contribution in [1.29, 1.82) is 0 Å². The number of carboxylic acid groups (broad SMARTS) is 2. The molecule has 0 aliphatic heterocycles. The monoisotopic (exact) mass is 335 g/mol. The summed E-state index contributed by atoms with van der Waals surface area (Å²) < 4.78 is 4.97. The molecule has 118 valence electrons. The summed E-state index contributed by atoms with van der Waals surface area (Å²) in [5.74, 6) is -2.56. The van der Waals surface area contributed by atoms with Gasteiger partial charge in [0.1, 0.15) is 5.75 Å². The summed E-state index contributed by atoms with van der Waals surface area (Å²) in [7, 11) is 0. The largest absolute Gasteiger partial charge is 0.478 e. The van der Waals surface area contributed by atoms with Crippen LogP contribution < -0.4 is 10.1 Å². The van der Waals surface area contributed by atoms with E-state index >= 15 is 0 Å². The molecule has 0 aliphatic carbocycles. The van der Waals surface area contributed by atoms with E-state index in [-0.39, 0.29) is 11.4 Å². The maximum atomic E-state index is 11.8. The highest BCUT2D eigenvalue weighted by molar-refractivity contribution is 6.36. The minimum atomic E-state index is -1.42. The number of ether oxygens (including phenoxy) is 1. The number of hydrogen-bond acceptors (Lipinski definition) is 4. The Morgan fingerprint density at radius 1 is 0.957 bits per heavy atom. The minimum Gasteiger partial charge on any atom is -0.478 e. The molecule has 0 bridgehead atoms. The molecule has 0 heterocycles. The highest BCUT2D eigenvalue weighted by Gasteiger charge is 2.20. The second-order valence-corrected chi connectivity index (χ2v) is 4.70. The lowest BCUT2D eigenvalue weighted by atomic mass is 10.1. The van der Waals surface area contributed by atoms with Gasteiger partial charge in [-0.15, -0.1) is 0 Å². The van der Waals surface area contributed by atoms with Crippen LogP contribution in [0.3, 0.4) is 0 Å². The zero-order valence-corrected chi connectivity index (χ0v) is 12.2. The summed E-state index contributed by atoms with van der Waals surface area (Å²) in [6.07, 6.45) is -0.897. The fourth-order valence-electron chi connectivity index (χ4n) is 1.75. The van der Waals surface area contributed by atoms with Gasteiger partial charge < -0.3 is 14.9 Å². The van der Waals surface area contributed by atoms with Gasteiger partial charge in [0.15, 0.2) is 0 Å². The van der Waals surface area contributed by atoms with Crippen LogP contribution in [-0.2, 0) is 0 Å². The third-order valence-corrected chi connectivity index (χ3v) is 3.14. The van der Waals surface area contributed by atoms with Crippen LogP contribution in [0.1, 0.15) is 20.7 Å². The number of carbonyl (C=O) groups excluding carboxylic acids is 1. The summed E-state index contributed by atoms with van der Waals surface area (Å²) in [6.45, 7) is 0. The number of carbonyl (C=O) groups is 3. The molecule has 0 radical (unpaired) electrons. The van der Waals surface area contributed by atoms with Crippen LogP contribution in [0.4, 0.5) is 10.5 Å². The quantitative estimate of drug-likeness (QED) is 0.789. The summed E-state index contributed by atoms with van der Waals surface area (Å²) in [5.41, 5.74) is -0.951. The standard InChI is InChI=1S/C15H10ClNO6/c16-12-10(13(18)19)6-8(7-11(12)14(20)21)17-15(22)23-9-4-2-1-3-5-9/h1-7H,(H,17,22)(H,18,19)(H,20,21). The van der Waals surface area contributed by atoms with Crippen LogP contribution in [-0.4, -0.2) is 28.2 Å². The van der Waals surface area contributed by atoms with Gasteiger partial charge in [0.25, 0.3) is 0 Å². The van der Waals surface area contributed by atoms with Crippen molar-refractivity contribution in [2.45, 2.75) is 0 Å². The molecule has 0 fully saturated rings. The summed E-state index contributed by atoms with van der Waals surface area (Å²) in [4.78, 5) is 34.0. The fourth-order valence-corrected chi connectivity index (χ4v) is 2.02. The molecule has 2 aromatic carbocycles. The highest BCUT2D eigenvalue weighted by atomic mass is 35.5. The van der Waals surface area contributed by atoms with Gasteiger partial charge in [0, 0.05) is 5.69 Å². The van der Waals surface area contributed by atoms with E-state index in [0.717, 1.165) is 12.1 Å². The van der Waals surface area contributed by atoms with Crippen molar-refractivity contribution in [1.82, 2.24) is 0 Å². The van der Waals surface area contributed by atoms with Crippen molar-refractivity contribution in [3.8, 4) is 5.75 Å². The molecule has 0 unspecified atom stereocenters. The van der Waals surface area contributed by atoms with Crippen LogP contribution in [0.2, 0.25) is 5.02 Å². The molecule has 0 aliphatic rings. The lowest BCUT2D eigenvalue weighted by Crippen LogP contribution is -2.18. The maximum absolute atomic E-state index is 11.8. The van der Waals surface area contributed by atoms with Gasteiger partial charge in [0.2, 0.25) is 0 Å². The zero-order chi connectivity index (χ0) is 17.0. The number of amides is 1. The number of anilines is 1. The van der Waals surface area contributed by atoms with Crippen molar-refractivity contribution < 1.29 is 29.3 Å². The predicted molar refractivity (Wildman–Crippen MR) is 81.5 cm³/mol. The van der Waals surface area contributed by atoms with Crippen LogP contribution in [0.25, 0.3) is 0 Å². The second-order valence-electron chi connectivity index (χ2n) is 4.32. The molecule has 3 N–H and O–H groups in total. The number of rotatable bonds is 4. The molecular formula is C15H10ClNO6. The molecule has 0 saturated heterocycles. The Morgan fingerprint density at radius 2 is 1.48 bits per heavy atom. The number of benzene rings is 2. The van der Waals surface area contributed by atoms with Gasteiger partial charge in [-0.3, -0.25) is 5.32 Å². The average Bonchev–Trinajstić information content (AvgIpc) is 2.49. The number of halogens is 1. The Kier molecular flexibility index (Phi) is 4.82. The zero-order valence-electron chi connectivity index (χ0n) is 11.4. The molecule has 0 aromatic heterocycles. The molecule has 0 spiro atoms. The lowest BCUT2D eigenvalue weighted by molar-refractivity contribution is 0.0696. The van der Waals surface area contributed by atoms with E-state index in [0.29, 0.717) is 0 Å². The summed E-state index contributed by atoms with van der Waals surface area (Å²) in [5, 5.41) is 19.9. The molecule has 8 heteroatoms. The van der Waals surface area contributed by atoms with Gasteiger partial charge in [0.05, 0.1) is 16.1 Å². The number of nitrogens with one attached hydrogen (secondary N) is 1. The third-order valence-electron chi connectivity index (χ3n) is 2.73. The molecular weight excluding hydrogens is 326 g/mol. The van der Waals surface area contributed by atoms with Gasteiger partial charge in [-0.25, -0.2) is 14.4 Å².